The average molecular weight is 256 g/mol. The van der Waals surface area contributed by atoms with Crippen LogP contribution < -0.4 is 5.73 Å². The standard InChI is InChI=1S/C13H24N2OS/c1-2-11-10-15(8-9-17-11)12(16)13(14)6-4-3-5-7-13/h11H,2-10,14H2,1H3. The fourth-order valence-corrected chi connectivity index (χ4v) is 4.04. The van der Waals surface area contributed by atoms with E-state index in [9.17, 15) is 4.79 Å². The van der Waals surface area contributed by atoms with Crippen molar-refractivity contribution in [2.75, 3.05) is 18.8 Å². The summed E-state index contributed by atoms with van der Waals surface area (Å²) in [7, 11) is 0. The summed E-state index contributed by atoms with van der Waals surface area (Å²) in [4.78, 5) is 14.6. The van der Waals surface area contributed by atoms with Gasteiger partial charge in [0.05, 0.1) is 5.54 Å². The third-order valence-electron chi connectivity index (χ3n) is 4.05. The Labute approximate surface area is 108 Å². The van der Waals surface area contributed by atoms with Crippen LogP contribution >= 0.6 is 11.8 Å². The maximum absolute atomic E-state index is 12.5. The Balaban J connectivity index is 1.98. The molecule has 1 aliphatic heterocycles. The predicted molar refractivity (Wildman–Crippen MR) is 73.1 cm³/mol. The van der Waals surface area contributed by atoms with Gasteiger partial charge in [0.15, 0.2) is 0 Å². The van der Waals surface area contributed by atoms with Crippen LogP contribution in [-0.2, 0) is 4.79 Å². The van der Waals surface area contributed by atoms with Crippen molar-refractivity contribution in [3.05, 3.63) is 0 Å². The second-order valence-corrected chi connectivity index (χ2v) is 6.78. The van der Waals surface area contributed by atoms with Crippen LogP contribution in [0.3, 0.4) is 0 Å². The number of carbonyl (C=O) groups is 1. The van der Waals surface area contributed by atoms with Crippen molar-refractivity contribution in [1.82, 2.24) is 4.90 Å². The molecule has 0 bridgehead atoms. The van der Waals surface area contributed by atoms with Gasteiger partial charge in [-0.05, 0) is 19.3 Å². The second-order valence-electron chi connectivity index (χ2n) is 5.37. The van der Waals surface area contributed by atoms with Crippen molar-refractivity contribution in [3.63, 3.8) is 0 Å². The Bertz CT molecular complexity index is 277. The lowest BCUT2D eigenvalue weighted by atomic mass is 9.81. The van der Waals surface area contributed by atoms with Crippen LogP contribution in [0, 0.1) is 0 Å². The van der Waals surface area contributed by atoms with E-state index in [0.29, 0.717) is 5.25 Å². The third-order valence-corrected chi connectivity index (χ3v) is 5.43. The summed E-state index contributed by atoms with van der Waals surface area (Å²) in [6.07, 6.45) is 6.37. The Morgan fingerprint density at radius 2 is 2.12 bits per heavy atom. The maximum Gasteiger partial charge on any atom is 0.242 e. The molecule has 17 heavy (non-hydrogen) atoms. The zero-order valence-electron chi connectivity index (χ0n) is 10.8. The first kappa shape index (κ1) is 13.2. The lowest BCUT2D eigenvalue weighted by Gasteiger charge is -2.40. The molecule has 2 fully saturated rings. The van der Waals surface area contributed by atoms with E-state index in [2.05, 4.69) is 6.92 Å². The van der Waals surface area contributed by atoms with Crippen LogP contribution in [0.1, 0.15) is 45.4 Å². The Hall–Kier alpha value is -0.220. The first-order chi connectivity index (χ1) is 8.15. The van der Waals surface area contributed by atoms with Crippen molar-refractivity contribution in [2.24, 2.45) is 5.73 Å². The van der Waals surface area contributed by atoms with E-state index in [0.717, 1.165) is 50.9 Å². The van der Waals surface area contributed by atoms with Gasteiger partial charge in [0.1, 0.15) is 0 Å². The van der Waals surface area contributed by atoms with Gasteiger partial charge in [0.25, 0.3) is 0 Å². The Kier molecular flexibility index (Phi) is 4.36. The predicted octanol–water partition coefficient (Wildman–Crippen LogP) is 2.00. The minimum Gasteiger partial charge on any atom is -0.339 e. The van der Waals surface area contributed by atoms with Gasteiger partial charge in [-0.3, -0.25) is 4.79 Å². The van der Waals surface area contributed by atoms with E-state index in [1.807, 2.05) is 16.7 Å². The molecule has 0 aromatic rings. The molecule has 0 radical (unpaired) electrons. The summed E-state index contributed by atoms with van der Waals surface area (Å²) in [6, 6.07) is 0. The molecule has 2 rings (SSSR count). The van der Waals surface area contributed by atoms with E-state index in [1.165, 1.54) is 6.42 Å². The topological polar surface area (TPSA) is 46.3 Å². The molecule has 1 heterocycles. The molecule has 1 unspecified atom stereocenters. The van der Waals surface area contributed by atoms with Crippen LogP contribution in [0.4, 0.5) is 0 Å². The van der Waals surface area contributed by atoms with Crippen LogP contribution in [-0.4, -0.2) is 40.4 Å². The molecule has 2 N–H and O–H groups in total. The summed E-state index contributed by atoms with van der Waals surface area (Å²) in [5.74, 6) is 1.29. The number of hydrogen-bond acceptors (Lipinski definition) is 3. The molecule has 1 saturated carbocycles. The van der Waals surface area contributed by atoms with Gasteiger partial charge >= 0.3 is 0 Å². The lowest BCUT2D eigenvalue weighted by molar-refractivity contribution is -0.138. The van der Waals surface area contributed by atoms with Gasteiger partial charge < -0.3 is 10.6 Å². The van der Waals surface area contributed by atoms with Gasteiger partial charge in [0, 0.05) is 24.1 Å². The summed E-state index contributed by atoms with van der Waals surface area (Å²) in [5, 5.41) is 0.611. The summed E-state index contributed by atoms with van der Waals surface area (Å²) in [5.41, 5.74) is 5.78. The molecule has 98 valence electrons. The highest BCUT2D eigenvalue weighted by Crippen LogP contribution is 2.30. The number of amides is 1. The summed E-state index contributed by atoms with van der Waals surface area (Å²) >= 11 is 2.00. The van der Waals surface area contributed by atoms with Gasteiger partial charge in [-0.25, -0.2) is 0 Å². The normalized spacial score (nSPS) is 29.1. The van der Waals surface area contributed by atoms with Crippen molar-refractivity contribution >= 4 is 17.7 Å². The smallest absolute Gasteiger partial charge is 0.242 e. The highest BCUT2D eigenvalue weighted by Gasteiger charge is 2.39. The molecule has 2 aliphatic rings. The fraction of sp³-hybridized carbons (Fsp3) is 0.923. The van der Waals surface area contributed by atoms with E-state index in [4.69, 9.17) is 5.73 Å². The minimum atomic E-state index is -0.543. The first-order valence-electron chi connectivity index (χ1n) is 6.85. The quantitative estimate of drug-likeness (QED) is 0.822. The SMILES string of the molecule is CCC1CN(C(=O)C2(N)CCCCC2)CCS1. The van der Waals surface area contributed by atoms with E-state index in [-0.39, 0.29) is 5.91 Å². The van der Waals surface area contributed by atoms with Crippen LogP contribution in [0.15, 0.2) is 0 Å². The largest absolute Gasteiger partial charge is 0.339 e. The third kappa shape index (κ3) is 2.97. The highest BCUT2D eigenvalue weighted by atomic mass is 32.2. The monoisotopic (exact) mass is 256 g/mol. The van der Waals surface area contributed by atoms with E-state index >= 15 is 0 Å². The van der Waals surface area contributed by atoms with Gasteiger partial charge in [0.2, 0.25) is 5.91 Å². The average Bonchev–Trinajstić information content (AvgIpc) is 2.39. The van der Waals surface area contributed by atoms with Crippen molar-refractivity contribution in [1.29, 1.82) is 0 Å². The van der Waals surface area contributed by atoms with Crippen LogP contribution in [0.5, 0.6) is 0 Å². The number of nitrogens with zero attached hydrogens (tertiary/aromatic N) is 1. The molecule has 0 spiro atoms. The summed E-state index contributed by atoms with van der Waals surface area (Å²) in [6.45, 7) is 3.99. The zero-order chi connectivity index (χ0) is 12.3. The number of hydrogen-bond donors (Lipinski definition) is 1. The number of thioether (sulfide) groups is 1. The van der Waals surface area contributed by atoms with E-state index < -0.39 is 5.54 Å². The van der Waals surface area contributed by atoms with Gasteiger partial charge in [-0.1, -0.05) is 26.2 Å². The Morgan fingerprint density at radius 1 is 1.41 bits per heavy atom. The van der Waals surface area contributed by atoms with Crippen molar-refractivity contribution < 1.29 is 4.79 Å². The Morgan fingerprint density at radius 3 is 2.76 bits per heavy atom. The minimum absolute atomic E-state index is 0.218. The van der Waals surface area contributed by atoms with Gasteiger partial charge in [-0.15, -0.1) is 0 Å². The van der Waals surface area contributed by atoms with Crippen molar-refractivity contribution in [2.45, 2.75) is 56.2 Å². The first-order valence-corrected chi connectivity index (χ1v) is 7.90. The highest BCUT2D eigenvalue weighted by molar-refractivity contribution is 8.00. The molecule has 1 atom stereocenters. The molecule has 1 saturated heterocycles. The number of carbonyl (C=O) groups excluding carboxylic acids is 1. The van der Waals surface area contributed by atoms with E-state index in [1.54, 1.807) is 0 Å². The zero-order valence-corrected chi connectivity index (χ0v) is 11.6. The fourth-order valence-electron chi connectivity index (χ4n) is 2.86. The summed E-state index contributed by atoms with van der Waals surface area (Å²) < 4.78 is 0. The molecule has 3 nitrogen and oxygen atoms in total. The van der Waals surface area contributed by atoms with Gasteiger partial charge in [-0.2, -0.15) is 11.8 Å². The maximum atomic E-state index is 12.5. The molecule has 4 heteroatoms. The van der Waals surface area contributed by atoms with Crippen molar-refractivity contribution in [3.8, 4) is 0 Å². The molecular weight excluding hydrogens is 232 g/mol. The van der Waals surface area contributed by atoms with Crippen LogP contribution in [0.25, 0.3) is 0 Å². The molecule has 0 aromatic heterocycles. The van der Waals surface area contributed by atoms with Crippen LogP contribution in [0.2, 0.25) is 0 Å². The number of nitrogens with two attached hydrogens (primary N) is 1. The lowest BCUT2D eigenvalue weighted by Crippen LogP contribution is -2.58. The molecule has 0 aromatic carbocycles. The molecule has 1 aliphatic carbocycles. The molecule has 1 amide bonds. The molecular formula is C13H24N2OS. The second kappa shape index (κ2) is 5.61. The number of rotatable bonds is 2.